The number of carboxylic acids is 1. The molecule has 3 N–H and O–H groups in total. The second-order valence-corrected chi connectivity index (χ2v) is 1.13. The first-order valence-corrected chi connectivity index (χ1v) is 1.63. The molecule has 0 aromatic heterocycles. The summed E-state index contributed by atoms with van der Waals surface area (Å²) < 4.78 is 0. The van der Waals surface area contributed by atoms with E-state index in [-0.39, 0.29) is 18.9 Å². The Morgan fingerprint density at radius 2 is 2.00 bits per heavy atom. The summed E-state index contributed by atoms with van der Waals surface area (Å²) in [5, 5.41) is 7.87. The van der Waals surface area contributed by atoms with Gasteiger partial charge in [-0.3, -0.25) is 4.79 Å². The molecule has 0 rings (SSSR count). The van der Waals surface area contributed by atoms with Crippen LogP contribution in [0.4, 0.5) is 0 Å². The van der Waals surface area contributed by atoms with Crippen molar-refractivity contribution in [3.05, 3.63) is 0 Å². The summed E-state index contributed by atoms with van der Waals surface area (Å²) in [4.78, 5) is 9.57. The SMILES string of the molecule is C[C@H](N)C(=O)O.[Li]. The smallest absolute Gasteiger partial charge is 0.320 e. The molecule has 0 aliphatic carbocycles. The van der Waals surface area contributed by atoms with Gasteiger partial charge < -0.3 is 10.8 Å². The molecular formula is C3H7LiNO2. The topological polar surface area (TPSA) is 63.3 Å². The zero-order chi connectivity index (χ0) is 5.15. The zero-order valence-electron chi connectivity index (χ0n) is 4.51. The van der Waals surface area contributed by atoms with Gasteiger partial charge in [0.1, 0.15) is 6.04 Å². The normalized spacial score (nSPS) is 11.7. The van der Waals surface area contributed by atoms with Crippen molar-refractivity contribution in [2.75, 3.05) is 0 Å². The third-order valence-electron chi connectivity index (χ3n) is 0.390. The quantitative estimate of drug-likeness (QED) is 0.413. The second-order valence-electron chi connectivity index (χ2n) is 1.13. The van der Waals surface area contributed by atoms with E-state index in [0.717, 1.165) is 0 Å². The van der Waals surface area contributed by atoms with E-state index in [4.69, 9.17) is 10.8 Å². The molecule has 0 saturated carbocycles. The van der Waals surface area contributed by atoms with Gasteiger partial charge in [0.05, 0.1) is 0 Å². The fraction of sp³-hybridized carbons (Fsp3) is 0.667. The Labute approximate surface area is 54.1 Å². The van der Waals surface area contributed by atoms with Crippen LogP contribution >= 0.6 is 0 Å². The molecule has 0 aliphatic heterocycles. The van der Waals surface area contributed by atoms with E-state index in [1.807, 2.05) is 0 Å². The number of carbonyl (C=O) groups is 1. The minimum absolute atomic E-state index is 0. The summed E-state index contributed by atoms with van der Waals surface area (Å²) >= 11 is 0. The Hall–Kier alpha value is 0.0274. The monoisotopic (exact) mass is 96.1 g/mol. The molecule has 3 nitrogen and oxygen atoms in total. The molecule has 0 unspecified atom stereocenters. The van der Waals surface area contributed by atoms with E-state index in [1.54, 1.807) is 0 Å². The third-order valence-corrected chi connectivity index (χ3v) is 0.390. The van der Waals surface area contributed by atoms with E-state index in [2.05, 4.69) is 0 Å². The molecule has 0 aromatic carbocycles. The van der Waals surface area contributed by atoms with Crippen molar-refractivity contribution < 1.29 is 9.90 Å². The maximum Gasteiger partial charge on any atom is 0.320 e. The second kappa shape index (κ2) is 4.19. The molecule has 0 aromatic rings. The predicted octanol–water partition coefficient (Wildman–Crippen LogP) is -0.963. The molecule has 0 bridgehead atoms. The number of carboxylic acid groups (broad SMARTS) is 1. The molecule has 7 heavy (non-hydrogen) atoms. The van der Waals surface area contributed by atoms with Gasteiger partial charge >= 0.3 is 5.97 Å². The first-order valence-electron chi connectivity index (χ1n) is 1.63. The first kappa shape index (κ1) is 10.1. The van der Waals surface area contributed by atoms with E-state index < -0.39 is 12.0 Å². The van der Waals surface area contributed by atoms with Crippen LogP contribution in [0, 0.1) is 0 Å². The summed E-state index contributed by atoms with van der Waals surface area (Å²) in [6.45, 7) is 1.42. The molecule has 0 amide bonds. The maximum absolute atomic E-state index is 9.57. The van der Waals surface area contributed by atoms with Crippen LogP contribution in [0.5, 0.6) is 0 Å². The molecule has 0 saturated heterocycles. The molecule has 4 heteroatoms. The summed E-state index contributed by atoms with van der Waals surface area (Å²) in [5.41, 5.74) is 4.84. The van der Waals surface area contributed by atoms with Crippen molar-refractivity contribution in [1.82, 2.24) is 0 Å². The van der Waals surface area contributed by atoms with Gasteiger partial charge in [0.2, 0.25) is 0 Å². The van der Waals surface area contributed by atoms with E-state index in [0.29, 0.717) is 0 Å². The summed E-state index contributed by atoms with van der Waals surface area (Å²) in [6.07, 6.45) is 0. The van der Waals surface area contributed by atoms with Gasteiger partial charge in [-0.2, -0.15) is 0 Å². The van der Waals surface area contributed by atoms with Gasteiger partial charge in [0.15, 0.2) is 0 Å². The summed E-state index contributed by atoms with van der Waals surface area (Å²) in [7, 11) is 0. The summed E-state index contributed by atoms with van der Waals surface area (Å²) in [5.74, 6) is -0.963. The Morgan fingerprint density at radius 3 is 2.00 bits per heavy atom. The molecule has 37 valence electrons. The average molecular weight is 96.0 g/mol. The van der Waals surface area contributed by atoms with Crippen LogP contribution in [-0.4, -0.2) is 36.0 Å². The van der Waals surface area contributed by atoms with Crippen LogP contribution in [-0.2, 0) is 4.79 Å². The zero-order valence-corrected chi connectivity index (χ0v) is 4.51. The largest absolute Gasteiger partial charge is 0.480 e. The average Bonchev–Trinajstić information content (AvgIpc) is 1.36. The number of hydrogen-bond donors (Lipinski definition) is 2. The van der Waals surface area contributed by atoms with Crippen molar-refractivity contribution in [2.24, 2.45) is 5.73 Å². The fourth-order valence-electron chi connectivity index (χ4n) is 0. The standard InChI is InChI=1S/C3H7NO2.Li/c1-2(4)3(5)6;/h2H,4H2,1H3,(H,5,6);/t2-;/m0./s1. The molecule has 0 aliphatic rings. The molecule has 0 spiro atoms. The minimum Gasteiger partial charge on any atom is -0.480 e. The Morgan fingerprint density at radius 1 is 1.86 bits per heavy atom. The number of hydrogen-bond acceptors (Lipinski definition) is 2. The van der Waals surface area contributed by atoms with Crippen LogP contribution in [0.3, 0.4) is 0 Å². The Balaban J connectivity index is 0. The molecule has 0 heterocycles. The number of nitrogens with two attached hydrogens (primary N) is 1. The minimum atomic E-state index is -0.963. The third kappa shape index (κ3) is 6.03. The maximum atomic E-state index is 9.57. The van der Waals surface area contributed by atoms with E-state index in [9.17, 15) is 4.79 Å². The van der Waals surface area contributed by atoms with Crippen molar-refractivity contribution in [3.8, 4) is 0 Å². The Bertz CT molecular complexity index is 64.0. The van der Waals surface area contributed by atoms with Crippen molar-refractivity contribution in [1.29, 1.82) is 0 Å². The summed E-state index contributed by atoms with van der Waals surface area (Å²) in [6, 6.07) is -0.731. The van der Waals surface area contributed by atoms with E-state index in [1.165, 1.54) is 6.92 Å². The van der Waals surface area contributed by atoms with Gasteiger partial charge in [0.25, 0.3) is 0 Å². The van der Waals surface area contributed by atoms with E-state index >= 15 is 0 Å². The van der Waals surface area contributed by atoms with Crippen LogP contribution in [0.1, 0.15) is 6.92 Å². The van der Waals surface area contributed by atoms with Crippen LogP contribution < -0.4 is 5.73 Å². The Kier molecular flexibility index (Phi) is 6.05. The predicted molar refractivity (Wildman–Crippen MR) is 27.0 cm³/mol. The number of rotatable bonds is 1. The van der Waals surface area contributed by atoms with Crippen LogP contribution in [0.15, 0.2) is 0 Å². The fourth-order valence-corrected chi connectivity index (χ4v) is 0. The van der Waals surface area contributed by atoms with Gasteiger partial charge in [-0.15, -0.1) is 0 Å². The van der Waals surface area contributed by atoms with Gasteiger partial charge in [-0.05, 0) is 6.92 Å². The van der Waals surface area contributed by atoms with Crippen LogP contribution in [0.2, 0.25) is 0 Å². The van der Waals surface area contributed by atoms with Gasteiger partial charge in [0, 0.05) is 18.9 Å². The van der Waals surface area contributed by atoms with Crippen molar-refractivity contribution in [2.45, 2.75) is 13.0 Å². The molecule has 1 radical (unpaired) electrons. The van der Waals surface area contributed by atoms with Crippen molar-refractivity contribution in [3.63, 3.8) is 0 Å². The van der Waals surface area contributed by atoms with Crippen LogP contribution in [0.25, 0.3) is 0 Å². The van der Waals surface area contributed by atoms with Gasteiger partial charge in [-0.25, -0.2) is 0 Å². The van der Waals surface area contributed by atoms with Crippen molar-refractivity contribution >= 4 is 24.8 Å². The first-order chi connectivity index (χ1) is 2.64. The van der Waals surface area contributed by atoms with Gasteiger partial charge in [-0.1, -0.05) is 0 Å². The molecule has 1 atom stereocenters. The molecule has 0 fully saturated rings. The number of aliphatic carboxylic acids is 1. The molecular weight excluding hydrogens is 89.0 g/mol.